The molecule has 0 aliphatic rings. The number of ether oxygens (including phenoxy) is 1. The molecular formula is C21H26O4. The van der Waals surface area contributed by atoms with Crippen LogP contribution in [0.25, 0.3) is 0 Å². The molecule has 134 valence electrons. The number of carbonyl (C=O) groups excluding carboxylic acids is 1. The van der Waals surface area contributed by atoms with E-state index in [0.29, 0.717) is 11.3 Å². The van der Waals surface area contributed by atoms with Crippen LogP contribution in [0.3, 0.4) is 0 Å². The maximum absolute atomic E-state index is 12.4. The number of phenols is 2. The predicted molar refractivity (Wildman–Crippen MR) is 98.6 cm³/mol. The van der Waals surface area contributed by atoms with E-state index in [9.17, 15) is 15.0 Å². The van der Waals surface area contributed by atoms with Crippen molar-refractivity contribution >= 4 is 5.97 Å². The highest BCUT2D eigenvalue weighted by Gasteiger charge is 2.27. The van der Waals surface area contributed by atoms with Gasteiger partial charge in [-0.2, -0.15) is 0 Å². The van der Waals surface area contributed by atoms with Crippen LogP contribution in [-0.2, 0) is 10.8 Å². The van der Waals surface area contributed by atoms with E-state index in [2.05, 4.69) is 0 Å². The molecule has 4 nitrogen and oxygen atoms in total. The van der Waals surface area contributed by atoms with Crippen LogP contribution in [0.15, 0.2) is 36.4 Å². The highest BCUT2D eigenvalue weighted by Crippen LogP contribution is 2.41. The van der Waals surface area contributed by atoms with E-state index in [4.69, 9.17) is 4.74 Å². The van der Waals surface area contributed by atoms with Crippen LogP contribution in [0.2, 0.25) is 0 Å². The number of hydrogen-bond donors (Lipinski definition) is 2. The van der Waals surface area contributed by atoms with Crippen LogP contribution < -0.4 is 4.74 Å². The van der Waals surface area contributed by atoms with Gasteiger partial charge in [0.15, 0.2) is 0 Å². The van der Waals surface area contributed by atoms with Gasteiger partial charge in [-0.05, 0) is 47.2 Å². The number of phenolic OH excluding ortho intramolecular Hbond substituents is 2. The van der Waals surface area contributed by atoms with E-state index >= 15 is 0 Å². The van der Waals surface area contributed by atoms with Crippen molar-refractivity contribution in [3.63, 3.8) is 0 Å². The van der Waals surface area contributed by atoms with Crippen LogP contribution >= 0.6 is 0 Å². The van der Waals surface area contributed by atoms with E-state index in [1.807, 2.05) is 41.5 Å². The zero-order valence-corrected chi connectivity index (χ0v) is 15.7. The fourth-order valence-electron chi connectivity index (χ4n) is 2.57. The molecule has 0 spiro atoms. The van der Waals surface area contributed by atoms with Crippen LogP contribution in [0.5, 0.6) is 17.2 Å². The van der Waals surface area contributed by atoms with Crippen molar-refractivity contribution in [2.45, 2.75) is 52.4 Å². The van der Waals surface area contributed by atoms with Crippen molar-refractivity contribution < 1.29 is 19.7 Å². The lowest BCUT2D eigenvalue weighted by atomic mass is 9.79. The summed E-state index contributed by atoms with van der Waals surface area (Å²) in [6.07, 6.45) is 0. The van der Waals surface area contributed by atoms with Crippen molar-refractivity contribution in [2.75, 3.05) is 0 Å². The van der Waals surface area contributed by atoms with E-state index in [1.165, 1.54) is 24.3 Å². The Labute approximate surface area is 149 Å². The van der Waals surface area contributed by atoms with Gasteiger partial charge in [0.2, 0.25) is 0 Å². The molecule has 2 aromatic carbocycles. The highest BCUT2D eigenvalue weighted by atomic mass is 16.5. The molecule has 2 aromatic rings. The smallest absolute Gasteiger partial charge is 0.343 e. The predicted octanol–water partition coefficient (Wildman–Crippen LogP) is 4.91. The number of carbonyl (C=O) groups is 1. The summed E-state index contributed by atoms with van der Waals surface area (Å²) in [7, 11) is 0. The first-order valence-electron chi connectivity index (χ1n) is 8.29. The highest BCUT2D eigenvalue weighted by molar-refractivity contribution is 5.91. The lowest BCUT2D eigenvalue weighted by Gasteiger charge is -2.27. The molecule has 0 saturated carbocycles. The third kappa shape index (κ3) is 4.32. The van der Waals surface area contributed by atoms with Crippen molar-refractivity contribution in [1.29, 1.82) is 0 Å². The summed E-state index contributed by atoms with van der Waals surface area (Å²) < 4.78 is 5.54. The van der Waals surface area contributed by atoms with E-state index < -0.39 is 5.97 Å². The number of rotatable bonds is 2. The quantitative estimate of drug-likeness (QED) is 0.601. The Bertz CT molecular complexity index is 740. The summed E-state index contributed by atoms with van der Waals surface area (Å²) in [6.45, 7) is 12.0. The molecule has 0 aliphatic heterocycles. The molecule has 0 saturated heterocycles. The summed E-state index contributed by atoms with van der Waals surface area (Å²) in [4.78, 5) is 12.4. The number of aromatic hydroxyl groups is 2. The Hall–Kier alpha value is -2.49. The van der Waals surface area contributed by atoms with E-state index in [1.54, 1.807) is 12.1 Å². The molecule has 0 atom stereocenters. The summed E-state index contributed by atoms with van der Waals surface area (Å²) in [5, 5.41) is 20.0. The minimum atomic E-state index is -0.509. The van der Waals surface area contributed by atoms with Crippen molar-refractivity contribution in [1.82, 2.24) is 0 Å². The van der Waals surface area contributed by atoms with Gasteiger partial charge in [-0.25, -0.2) is 4.79 Å². The lowest BCUT2D eigenvalue weighted by molar-refractivity contribution is 0.0734. The molecule has 2 N–H and O–H groups in total. The molecule has 0 unspecified atom stereocenters. The Balaban J connectivity index is 2.47. The molecule has 0 radical (unpaired) electrons. The molecule has 0 aromatic heterocycles. The Morgan fingerprint density at radius 1 is 0.840 bits per heavy atom. The molecule has 2 rings (SSSR count). The second kappa shape index (κ2) is 6.43. The molecule has 4 heteroatoms. The normalized spacial score (nSPS) is 12.1. The van der Waals surface area contributed by atoms with Gasteiger partial charge >= 0.3 is 5.97 Å². The van der Waals surface area contributed by atoms with Crippen LogP contribution in [0.4, 0.5) is 0 Å². The standard InChI is InChI=1S/C21H26O4/c1-20(2,3)16-11-15(12-17(18(16)23)21(4,5)6)25-19(24)13-7-9-14(22)10-8-13/h7-12,22-23H,1-6H3. The molecule has 0 aliphatic carbocycles. The molecular weight excluding hydrogens is 316 g/mol. The molecule has 25 heavy (non-hydrogen) atoms. The largest absolute Gasteiger partial charge is 0.508 e. The maximum atomic E-state index is 12.4. The average Bonchev–Trinajstić information content (AvgIpc) is 2.47. The van der Waals surface area contributed by atoms with Crippen molar-refractivity contribution in [2.24, 2.45) is 0 Å². The van der Waals surface area contributed by atoms with Crippen LogP contribution in [-0.4, -0.2) is 16.2 Å². The van der Waals surface area contributed by atoms with Crippen molar-refractivity contribution in [3.8, 4) is 17.2 Å². The maximum Gasteiger partial charge on any atom is 0.343 e. The summed E-state index contributed by atoms with van der Waals surface area (Å²) in [5.74, 6) is 0.215. The first kappa shape index (κ1) is 18.8. The van der Waals surface area contributed by atoms with Crippen molar-refractivity contribution in [3.05, 3.63) is 53.1 Å². The first-order valence-corrected chi connectivity index (χ1v) is 8.29. The fraction of sp³-hybridized carbons (Fsp3) is 0.381. The lowest BCUT2D eigenvalue weighted by Crippen LogP contribution is -2.18. The van der Waals surface area contributed by atoms with Crippen LogP contribution in [0, 0.1) is 0 Å². The zero-order valence-electron chi connectivity index (χ0n) is 15.7. The Morgan fingerprint density at radius 3 is 1.68 bits per heavy atom. The Morgan fingerprint density at radius 2 is 1.28 bits per heavy atom. The number of hydrogen-bond acceptors (Lipinski definition) is 4. The minimum Gasteiger partial charge on any atom is -0.508 e. The SMILES string of the molecule is CC(C)(C)c1cc(OC(=O)c2ccc(O)cc2)cc(C(C)(C)C)c1O. The number of esters is 1. The Kier molecular flexibility index (Phi) is 4.85. The first-order chi connectivity index (χ1) is 11.4. The van der Waals surface area contributed by atoms with Gasteiger partial charge in [0.25, 0.3) is 0 Å². The summed E-state index contributed by atoms with van der Waals surface area (Å²) in [5.41, 5.74) is 1.21. The zero-order chi connectivity index (χ0) is 19.0. The van der Waals surface area contributed by atoms with Gasteiger partial charge < -0.3 is 14.9 Å². The fourth-order valence-corrected chi connectivity index (χ4v) is 2.57. The van der Waals surface area contributed by atoms with Gasteiger partial charge in [0.1, 0.15) is 17.2 Å². The second-order valence-electron chi connectivity index (χ2n) is 8.30. The molecule has 0 fully saturated rings. The minimum absolute atomic E-state index is 0.0891. The van der Waals surface area contributed by atoms with Gasteiger partial charge in [0, 0.05) is 11.1 Å². The van der Waals surface area contributed by atoms with Gasteiger partial charge in [-0.15, -0.1) is 0 Å². The summed E-state index contributed by atoms with van der Waals surface area (Å²) in [6, 6.07) is 9.32. The van der Waals surface area contributed by atoms with Gasteiger partial charge in [0.05, 0.1) is 5.56 Å². The van der Waals surface area contributed by atoms with Crippen LogP contribution in [0.1, 0.15) is 63.0 Å². The summed E-state index contributed by atoms with van der Waals surface area (Å²) >= 11 is 0. The molecule has 0 bridgehead atoms. The van der Waals surface area contributed by atoms with Gasteiger partial charge in [-0.3, -0.25) is 0 Å². The van der Waals surface area contributed by atoms with E-state index in [-0.39, 0.29) is 22.3 Å². The third-order valence-electron chi connectivity index (χ3n) is 4.01. The molecule has 0 heterocycles. The third-order valence-corrected chi connectivity index (χ3v) is 4.01. The topological polar surface area (TPSA) is 66.8 Å². The average molecular weight is 342 g/mol. The van der Waals surface area contributed by atoms with Gasteiger partial charge in [-0.1, -0.05) is 41.5 Å². The molecule has 0 amide bonds. The van der Waals surface area contributed by atoms with E-state index in [0.717, 1.165) is 11.1 Å². The monoisotopic (exact) mass is 342 g/mol. The second-order valence-corrected chi connectivity index (χ2v) is 8.30. The number of benzene rings is 2.